The van der Waals surface area contributed by atoms with Crippen LogP contribution in [0.5, 0.6) is 0 Å². The maximum Gasteiger partial charge on any atom is 0.248 e. The van der Waals surface area contributed by atoms with Crippen molar-refractivity contribution in [3.8, 4) is 0 Å². The van der Waals surface area contributed by atoms with Crippen LogP contribution in [0.3, 0.4) is 0 Å². The van der Waals surface area contributed by atoms with Crippen LogP contribution in [0.15, 0.2) is 53.7 Å². The molecule has 1 saturated heterocycles. The summed E-state index contributed by atoms with van der Waals surface area (Å²) in [6.45, 7) is 0.824. The van der Waals surface area contributed by atoms with E-state index in [9.17, 15) is 13.2 Å². The van der Waals surface area contributed by atoms with E-state index >= 15 is 0 Å². The van der Waals surface area contributed by atoms with Crippen LogP contribution in [0.1, 0.15) is 15.9 Å². The van der Waals surface area contributed by atoms with E-state index in [1.807, 2.05) is 12.1 Å². The fourth-order valence-corrected chi connectivity index (χ4v) is 4.11. The molecule has 0 bridgehead atoms. The molecule has 132 valence electrons. The Balaban J connectivity index is 1.72. The highest BCUT2D eigenvalue weighted by molar-refractivity contribution is 7.89. The lowest BCUT2D eigenvalue weighted by molar-refractivity contribution is 0.1000. The summed E-state index contributed by atoms with van der Waals surface area (Å²) >= 11 is 0. The van der Waals surface area contributed by atoms with E-state index in [0.717, 1.165) is 5.56 Å². The Morgan fingerprint density at radius 2 is 1.84 bits per heavy atom. The monoisotopic (exact) mass is 361 g/mol. The third-order valence-electron chi connectivity index (χ3n) is 4.20. The predicted molar refractivity (Wildman–Crippen MR) is 91.3 cm³/mol. The van der Waals surface area contributed by atoms with Gasteiger partial charge in [-0.3, -0.25) is 9.78 Å². The summed E-state index contributed by atoms with van der Waals surface area (Å²) in [6.07, 6.45) is 4.13. The zero-order chi connectivity index (χ0) is 17.9. The topological polar surface area (TPSA) is 111 Å². The number of carbonyl (C=O) groups is 1. The second-order valence-electron chi connectivity index (χ2n) is 5.97. The molecule has 2 heterocycles. The Bertz CT molecular complexity index is 838. The van der Waals surface area contributed by atoms with Crippen LogP contribution in [-0.4, -0.2) is 38.6 Å². The van der Waals surface area contributed by atoms with E-state index < -0.39 is 15.9 Å². The number of sulfonamides is 1. The molecular weight excluding hydrogens is 342 g/mol. The fourth-order valence-electron chi connectivity index (χ4n) is 2.82. The van der Waals surface area contributed by atoms with E-state index in [-0.39, 0.29) is 22.4 Å². The molecule has 1 amide bonds. The summed E-state index contributed by atoms with van der Waals surface area (Å²) in [7, 11) is -3.71. The van der Waals surface area contributed by atoms with Crippen molar-refractivity contribution in [1.29, 1.82) is 0 Å². The van der Waals surface area contributed by atoms with Gasteiger partial charge in [0, 0.05) is 23.9 Å². The van der Waals surface area contributed by atoms with Crippen molar-refractivity contribution in [2.45, 2.75) is 17.4 Å². The van der Waals surface area contributed by atoms with Crippen molar-refractivity contribution < 1.29 is 17.9 Å². The highest BCUT2D eigenvalue weighted by atomic mass is 32.2. The molecule has 2 aromatic rings. The second kappa shape index (κ2) is 7.30. The molecule has 1 aliphatic rings. The first-order chi connectivity index (χ1) is 12.0. The third-order valence-corrected chi connectivity index (χ3v) is 5.71. The Hall–Kier alpha value is -2.29. The Morgan fingerprint density at radius 1 is 1.16 bits per heavy atom. The van der Waals surface area contributed by atoms with Crippen molar-refractivity contribution in [3.05, 3.63) is 59.9 Å². The van der Waals surface area contributed by atoms with Gasteiger partial charge in [-0.1, -0.05) is 0 Å². The highest BCUT2D eigenvalue weighted by Gasteiger charge is 2.32. The molecule has 0 unspecified atom stereocenters. The molecule has 3 rings (SSSR count). The molecule has 1 aromatic carbocycles. The number of nitrogens with two attached hydrogens (primary N) is 1. The number of amides is 1. The van der Waals surface area contributed by atoms with Gasteiger partial charge in [0.15, 0.2) is 0 Å². The molecule has 0 spiro atoms. The lowest BCUT2D eigenvalue weighted by Gasteiger charge is -2.19. The third kappa shape index (κ3) is 4.22. The van der Waals surface area contributed by atoms with Crippen LogP contribution in [0.2, 0.25) is 0 Å². The van der Waals surface area contributed by atoms with E-state index in [4.69, 9.17) is 10.5 Å². The summed E-state index contributed by atoms with van der Waals surface area (Å²) in [4.78, 5) is 15.2. The van der Waals surface area contributed by atoms with Gasteiger partial charge >= 0.3 is 0 Å². The summed E-state index contributed by atoms with van der Waals surface area (Å²) in [6, 6.07) is 9.05. The highest BCUT2D eigenvalue weighted by Crippen LogP contribution is 2.21. The van der Waals surface area contributed by atoms with Crippen molar-refractivity contribution in [1.82, 2.24) is 9.71 Å². The molecule has 1 fully saturated rings. The minimum absolute atomic E-state index is 0.0436. The molecule has 3 N–H and O–H groups in total. The summed E-state index contributed by atoms with van der Waals surface area (Å²) in [5.41, 5.74) is 6.52. The minimum atomic E-state index is -3.71. The van der Waals surface area contributed by atoms with Gasteiger partial charge in [-0.2, -0.15) is 0 Å². The molecule has 25 heavy (non-hydrogen) atoms. The van der Waals surface area contributed by atoms with Gasteiger partial charge in [-0.25, -0.2) is 13.1 Å². The van der Waals surface area contributed by atoms with E-state index in [1.54, 1.807) is 12.4 Å². The largest absolute Gasteiger partial charge is 0.379 e. The van der Waals surface area contributed by atoms with Gasteiger partial charge < -0.3 is 10.5 Å². The van der Waals surface area contributed by atoms with Crippen molar-refractivity contribution in [2.75, 3.05) is 13.2 Å². The van der Waals surface area contributed by atoms with Gasteiger partial charge in [0.25, 0.3) is 0 Å². The Kier molecular flexibility index (Phi) is 5.12. The summed E-state index contributed by atoms with van der Waals surface area (Å²) < 4.78 is 33.3. The van der Waals surface area contributed by atoms with E-state index in [1.165, 1.54) is 24.3 Å². The molecule has 8 heteroatoms. The Labute approximate surface area is 146 Å². The van der Waals surface area contributed by atoms with Crippen LogP contribution in [-0.2, 0) is 21.2 Å². The SMILES string of the molecule is NC(=O)c1ccc(S(=O)(=O)N[C@H]2COC[C@H]2Cc2ccncc2)cc1. The van der Waals surface area contributed by atoms with Crippen LogP contribution in [0.4, 0.5) is 0 Å². The number of carbonyl (C=O) groups excluding carboxylic acids is 1. The molecular formula is C17H19N3O4S. The van der Waals surface area contributed by atoms with Gasteiger partial charge in [-0.05, 0) is 48.4 Å². The number of nitrogens with zero attached hydrogens (tertiary/aromatic N) is 1. The maximum atomic E-state index is 12.6. The second-order valence-corrected chi connectivity index (χ2v) is 7.69. The molecule has 1 aromatic heterocycles. The average molecular weight is 361 g/mol. The predicted octanol–water partition coefficient (Wildman–Crippen LogP) is 0.717. The lowest BCUT2D eigenvalue weighted by Crippen LogP contribution is -2.40. The number of hydrogen-bond donors (Lipinski definition) is 2. The van der Waals surface area contributed by atoms with Crippen LogP contribution >= 0.6 is 0 Å². The van der Waals surface area contributed by atoms with Crippen LogP contribution in [0.25, 0.3) is 0 Å². The summed E-state index contributed by atoms with van der Waals surface area (Å²) in [5, 5.41) is 0. The number of hydrogen-bond acceptors (Lipinski definition) is 5. The van der Waals surface area contributed by atoms with Crippen LogP contribution < -0.4 is 10.5 Å². The number of ether oxygens (including phenoxy) is 1. The molecule has 7 nitrogen and oxygen atoms in total. The molecule has 0 saturated carbocycles. The first kappa shape index (κ1) is 17.5. The molecule has 0 aliphatic carbocycles. The Morgan fingerprint density at radius 3 is 2.48 bits per heavy atom. The lowest BCUT2D eigenvalue weighted by atomic mass is 9.96. The van der Waals surface area contributed by atoms with Gasteiger partial charge in [-0.15, -0.1) is 0 Å². The number of benzene rings is 1. The zero-order valence-corrected chi connectivity index (χ0v) is 14.3. The van der Waals surface area contributed by atoms with Crippen molar-refractivity contribution in [3.63, 3.8) is 0 Å². The normalized spacial score (nSPS) is 20.5. The van der Waals surface area contributed by atoms with Gasteiger partial charge in [0.2, 0.25) is 15.9 Å². The van der Waals surface area contributed by atoms with Gasteiger partial charge in [0.1, 0.15) is 0 Å². The van der Waals surface area contributed by atoms with E-state index in [0.29, 0.717) is 19.6 Å². The standard InChI is InChI=1S/C17H19N3O4S/c18-17(21)13-1-3-15(4-2-13)25(22,23)20-16-11-24-10-14(16)9-12-5-7-19-8-6-12/h1-8,14,16,20H,9-11H2,(H2,18,21)/t14-,16+/m1/s1. The first-order valence-corrected chi connectivity index (χ1v) is 9.33. The quantitative estimate of drug-likeness (QED) is 0.787. The minimum Gasteiger partial charge on any atom is -0.379 e. The number of primary amides is 1. The van der Waals surface area contributed by atoms with Gasteiger partial charge in [0.05, 0.1) is 24.2 Å². The zero-order valence-electron chi connectivity index (χ0n) is 13.5. The molecule has 2 atom stereocenters. The first-order valence-electron chi connectivity index (χ1n) is 7.84. The number of rotatable bonds is 6. The maximum absolute atomic E-state index is 12.6. The van der Waals surface area contributed by atoms with E-state index in [2.05, 4.69) is 9.71 Å². The molecule has 1 aliphatic heterocycles. The fraction of sp³-hybridized carbons (Fsp3) is 0.294. The molecule has 0 radical (unpaired) electrons. The van der Waals surface area contributed by atoms with Crippen molar-refractivity contribution >= 4 is 15.9 Å². The summed E-state index contributed by atoms with van der Waals surface area (Å²) in [5.74, 6) is -0.555. The average Bonchev–Trinajstić information content (AvgIpc) is 3.02. The number of nitrogens with one attached hydrogen (secondary N) is 1. The van der Waals surface area contributed by atoms with Crippen molar-refractivity contribution in [2.24, 2.45) is 11.7 Å². The van der Waals surface area contributed by atoms with Crippen LogP contribution in [0, 0.1) is 5.92 Å². The number of pyridine rings is 1. The number of aromatic nitrogens is 1. The smallest absolute Gasteiger partial charge is 0.248 e.